The summed E-state index contributed by atoms with van der Waals surface area (Å²) in [4.78, 5) is 11.5. The van der Waals surface area contributed by atoms with Crippen LogP contribution in [0.4, 0.5) is 0 Å². The Balaban J connectivity index is 0. The normalized spacial score (nSPS) is 14.3. The molecular weight excluding hydrogens is 232 g/mol. The van der Waals surface area contributed by atoms with E-state index in [9.17, 15) is 4.79 Å². The molecule has 15 heavy (non-hydrogen) atoms. The first-order chi connectivity index (χ1) is 6.47. The van der Waals surface area contributed by atoms with Crippen molar-refractivity contribution in [2.75, 3.05) is 12.8 Å². The highest BCUT2D eigenvalue weighted by molar-refractivity contribution is 7.99. The topological polar surface area (TPSA) is 55.1 Å². The van der Waals surface area contributed by atoms with Crippen molar-refractivity contribution in [3.8, 4) is 0 Å². The standard InChI is InChI=1S/C10H22N2OS.ClH/c1-7(2)5-9(11)10(13)12-6-8(3)14-4;/h7-9H,5-6,11H2,1-4H3,(H,12,13);1H/t8?,9-;/m0./s1. The summed E-state index contributed by atoms with van der Waals surface area (Å²) in [5, 5.41) is 3.30. The van der Waals surface area contributed by atoms with Gasteiger partial charge in [-0.25, -0.2) is 0 Å². The van der Waals surface area contributed by atoms with E-state index in [0.29, 0.717) is 17.7 Å². The molecule has 3 nitrogen and oxygen atoms in total. The second-order valence-corrected chi connectivity index (χ2v) is 5.30. The lowest BCUT2D eigenvalue weighted by atomic mass is 10.0. The molecule has 0 fully saturated rings. The van der Waals surface area contributed by atoms with Gasteiger partial charge in [-0.05, 0) is 18.6 Å². The first-order valence-corrected chi connectivity index (χ1v) is 6.32. The minimum absolute atomic E-state index is 0. The summed E-state index contributed by atoms with van der Waals surface area (Å²) < 4.78 is 0. The van der Waals surface area contributed by atoms with E-state index in [1.54, 1.807) is 11.8 Å². The Morgan fingerprint density at radius 1 is 1.40 bits per heavy atom. The summed E-state index contributed by atoms with van der Waals surface area (Å²) in [6.45, 7) is 6.92. The number of nitrogens with one attached hydrogen (secondary N) is 1. The zero-order valence-electron chi connectivity index (χ0n) is 9.95. The Labute approximate surface area is 103 Å². The largest absolute Gasteiger partial charge is 0.354 e. The summed E-state index contributed by atoms with van der Waals surface area (Å²) in [6.07, 6.45) is 2.78. The first-order valence-electron chi connectivity index (χ1n) is 5.03. The van der Waals surface area contributed by atoms with Crippen LogP contribution in [0.3, 0.4) is 0 Å². The van der Waals surface area contributed by atoms with Crippen LogP contribution in [0.1, 0.15) is 27.2 Å². The van der Waals surface area contributed by atoms with Crippen molar-refractivity contribution in [2.45, 2.75) is 38.5 Å². The Hall–Kier alpha value is 0.0700. The number of hydrogen-bond acceptors (Lipinski definition) is 3. The smallest absolute Gasteiger partial charge is 0.236 e. The van der Waals surface area contributed by atoms with E-state index in [1.807, 2.05) is 6.26 Å². The number of carbonyl (C=O) groups is 1. The lowest BCUT2D eigenvalue weighted by molar-refractivity contribution is -0.122. The van der Waals surface area contributed by atoms with Gasteiger partial charge in [0, 0.05) is 11.8 Å². The van der Waals surface area contributed by atoms with E-state index in [2.05, 4.69) is 26.1 Å². The Morgan fingerprint density at radius 3 is 2.33 bits per heavy atom. The van der Waals surface area contributed by atoms with Crippen molar-refractivity contribution in [2.24, 2.45) is 11.7 Å². The monoisotopic (exact) mass is 254 g/mol. The fourth-order valence-electron chi connectivity index (χ4n) is 1.07. The molecule has 0 aliphatic rings. The number of nitrogens with two attached hydrogens (primary N) is 1. The molecule has 2 atom stereocenters. The van der Waals surface area contributed by atoms with Gasteiger partial charge < -0.3 is 11.1 Å². The zero-order valence-corrected chi connectivity index (χ0v) is 11.6. The van der Waals surface area contributed by atoms with E-state index in [4.69, 9.17) is 5.73 Å². The molecule has 0 aromatic rings. The lowest BCUT2D eigenvalue weighted by Crippen LogP contribution is -2.43. The van der Waals surface area contributed by atoms with Gasteiger partial charge in [0.1, 0.15) is 0 Å². The van der Waals surface area contributed by atoms with Gasteiger partial charge >= 0.3 is 0 Å². The van der Waals surface area contributed by atoms with Gasteiger partial charge in [0.2, 0.25) is 5.91 Å². The molecule has 0 saturated heterocycles. The summed E-state index contributed by atoms with van der Waals surface area (Å²) in [5.74, 6) is 0.438. The summed E-state index contributed by atoms with van der Waals surface area (Å²) in [6, 6.07) is -0.357. The van der Waals surface area contributed by atoms with Crippen molar-refractivity contribution in [1.82, 2.24) is 5.32 Å². The van der Waals surface area contributed by atoms with E-state index in [0.717, 1.165) is 6.42 Å². The first kappa shape index (κ1) is 17.5. The van der Waals surface area contributed by atoms with Crippen LogP contribution >= 0.6 is 24.2 Å². The third-order valence-corrected chi connectivity index (χ3v) is 3.00. The Kier molecular flexibility index (Phi) is 10.8. The minimum Gasteiger partial charge on any atom is -0.354 e. The summed E-state index contributed by atoms with van der Waals surface area (Å²) in [7, 11) is 0. The molecule has 5 heteroatoms. The maximum atomic E-state index is 11.5. The third kappa shape index (κ3) is 9.03. The molecule has 0 bridgehead atoms. The van der Waals surface area contributed by atoms with Crippen LogP contribution in [-0.4, -0.2) is 30.0 Å². The number of thioether (sulfide) groups is 1. The van der Waals surface area contributed by atoms with E-state index < -0.39 is 0 Å². The van der Waals surface area contributed by atoms with Crippen LogP contribution in [0.15, 0.2) is 0 Å². The molecule has 1 unspecified atom stereocenters. The van der Waals surface area contributed by atoms with Crippen LogP contribution in [0.2, 0.25) is 0 Å². The highest BCUT2D eigenvalue weighted by Gasteiger charge is 2.14. The van der Waals surface area contributed by atoms with Crippen molar-refractivity contribution in [3.05, 3.63) is 0 Å². The predicted molar refractivity (Wildman–Crippen MR) is 70.7 cm³/mol. The fourth-order valence-corrected chi connectivity index (χ4v) is 1.32. The molecule has 0 aromatic heterocycles. The number of amides is 1. The Morgan fingerprint density at radius 2 is 1.93 bits per heavy atom. The van der Waals surface area contributed by atoms with Gasteiger partial charge in [0.15, 0.2) is 0 Å². The third-order valence-electron chi connectivity index (χ3n) is 2.03. The maximum Gasteiger partial charge on any atom is 0.236 e. The second kappa shape index (κ2) is 9.31. The van der Waals surface area contributed by atoms with Crippen molar-refractivity contribution in [3.63, 3.8) is 0 Å². The van der Waals surface area contributed by atoms with Crippen LogP contribution < -0.4 is 11.1 Å². The quantitative estimate of drug-likeness (QED) is 0.758. The van der Waals surface area contributed by atoms with Gasteiger partial charge in [0.25, 0.3) is 0 Å². The predicted octanol–water partition coefficient (Wildman–Crippen LogP) is 1.65. The molecule has 0 aliphatic carbocycles. The molecule has 0 rings (SSSR count). The zero-order chi connectivity index (χ0) is 11.1. The van der Waals surface area contributed by atoms with Gasteiger partial charge in [0.05, 0.1) is 6.04 Å². The van der Waals surface area contributed by atoms with Crippen molar-refractivity contribution < 1.29 is 4.79 Å². The average molecular weight is 255 g/mol. The van der Waals surface area contributed by atoms with Crippen LogP contribution in [0, 0.1) is 5.92 Å². The van der Waals surface area contributed by atoms with Crippen molar-refractivity contribution >= 4 is 30.1 Å². The van der Waals surface area contributed by atoms with Crippen LogP contribution in [0.25, 0.3) is 0 Å². The molecule has 0 radical (unpaired) electrons. The Bertz CT molecular complexity index is 179. The maximum absolute atomic E-state index is 11.5. The SMILES string of the molecule is CSC(C)CNC(=O)[C@@H](N)CC(C)C.Cl. The number of carbonyl (C=O) groups excluding carboxylic acids is 1. The molecule has 3 N–H and O–H groups in total. The molecule has 92 valence electrons. The second-order valence-electron chi connectivity index (χ2n) is 4.03. The van der Waals surface area contributed by atoms with Gasteiger partial charge in [-0.15, -0.1) is 12.4 Å². The van der Waals surface area contributed by atoms with Crippen LogP contribution in [0.5, 0.6) is 0 Å². The molecule has 0 saturated carbocycles. The number of halogens is 1. The van der Waals surface area contributed by atoms with Crippen molar-refractivity contribution in [1.29, 1.82) is 0 Å². The van der Waals surface area contributed by atoms with Gasteiger partial charge in [-0.1, -0.05) is 20.8 Å². The highest BCUT2D eigenvalue weighted by atomic mass is 35.5. The summed E-state index contributed by atoms with van der Waals surface area (Å²) >= 11 is 1.74. The highest BCUT2D eigenvalue weighted by Crippen LogP contribution is 2.04. The van der Waals surface area contributed by atoms with Gasteiger partial charge in [-0.3, -0.25) is 4.79 Å². The van der Waals surface area contributed by atoms with E-state index >= 15 is 0 Å². The number of rotatable bonds is 6. The van der Waals surface area contributed by atoms with Gasteiger partial charge in [-0.2, -0.15) is 11.8 Å². The molecule has 0 heterocycles. The van der Waals surface area contributed by atoms with E-state index in [-0.39, 0.29) is 24.4 Å². The molecule has 1 amide bonds. The molecule has 0 spiro atoms. The van der Waals surface area contributed by atoms with Crippen LogP contribution in [-0.2, 0) is 4.79 Å². The molecule has 0 aromatic carbocycles. The fraction of sp³-hybridized carbons (Fsp3) is 0.900. The average Bonchev–Trinajstić information content (AvgIpc) is 2.12. The summed E-state index contributed by atoms with van der Waals surface area (Å²) in [5.41, 5.74) is 5.73. The lowest BCUT2D eigenvalue weighted by Gasteiger charge is -2.15. The number of hydrogen-bond donors (Lipinski definition) is 2. The molecular formula is C10H23ClN2OS. The van der Waals surface area contributed by atoms with E-state index in [1.165, 1.54) is 0 Å². The minimum atomic E-state index is -0.357. The molecule has 0 aliphatic heterocycles.